The fraction of sp³-hybridized carbons (Fsp3) is 0.348. The molecule has 2 heteroatoms. The molecule has 0 N–H and O–H groups in total. The average Bonchev–Trinajstić information content (AvgIpc) is 2.65. The fourth-order valence-electron chi connectivity index (χ4n) is 3.33. The van der Waals surface area contributed by atoms with Crippen molar-refractivity contribution in [3.63, 3.8) is 0 Å². The molecule has 1 aliphatic heterocycles. The monoisotopic (exact) mass is 352 g/mol. The van der Waals surface area contributed by atoms with E-state index in [2.05, 4.69) is 50.2 Å². The lowest BCUT2D eigenvalue weighted by Crippen LogP contribution is -2.24. The Hall–Kier alpha value is -1.80. The topological polar surface area (TPSA) is 17.1 Å². The number of rotatable bonds is 0. The van der Waals surface area contributed by atoms with Crippen molar-refractivity contribution in [1.82, 2.24) is 0 Å². The summed E-state index contributed by atoms with van der Waals surface area (Å²) in [6.07, 6.45) is 0.518. The molecule has 0 saturated carbocycles. The number of thioether (sulfide) groups is 1. The van der Waals surface area contributed by atoms with E-state index in [1.807, 2.05) is 51.6 Å². The number of fused-ring (bicyclic) bond motifs is 4. The Labute approximate surface area is 156 Å². The number of hydrogen-bond acceptors (Lipinski definition) is 2. The van der Waals surface area contributed by atoms with Crippen LogP contribution < -0.4 is 0 Å². The smallest absolute Gasteiger partial charge is 0.169 e. The highest BCUT2D eigenvalue weighted by Gasteiger charge is 2.38. The molecule has 0 saturated heterocycles. The Morgan fingerprint density at radius 3 is 2.08 bits per heavy atom. The quantitative estimate of drug-likeness (QED) is 0.524. The predicted molar refractivity (Wildman–Crippen MR) is 112 cm³/mol. The number of carbonyl (C=O) groups is 1. The van der Waals surface area contributed by atoms with E-state index in [9.17, 15) is 4.79 Å². The van der Waals surface area contributed by atoms with Gasteiger partial charge in [-0.1, -0.05) is 76.2 Å². The van der Waals surface area contributed by atoms with Gasteiger partial charge in [0.2, 0.25) is 0 Å². The summed E-state index contributed by atoms with van der Waals surface area (Å²) in [5.74, 6) is 0.249. The van der Waals surface area contributed by atoms with Gasteiger partial charge >= 0.3 is 0 Å². The van der Waals surface area contributed by atoms with Gasteiger partial charge in [0.05, 0.1) is 0 Å². The van der Waals surface area contributed by atoms with Crippen LogP contribution in [0.3, 0.4) is 0 Å². The molecule has 1 nitrogen and oxygen atoms in total. The third-order valence-electron chi connectivity index (χ3n) is 4.32. The number of carbonyl (C=O) groups excluding carboxylic acids is 1. The lowest BCUT2D eigenvalue weighted by atomic mass is 9.83. The molecule has 2 aromatic carbocycles. The van der Waals surface area contributed by atoms with Crippen LogP contribution in [-0.2, 0) is 16.0 Å². The molecule has 0 fully saturated rings. The standard InChI is InChI=1S/C19H16OS.2C2H6/c1-19(2)15-10-6-5-9-14(15)17-16(20)11-12-7-3-4-8-13(12)18(17)21-19;2*1-2/h3-10H,11H2,1-2H3;2*1-2H3. The number of hydrogen-bond donors (Lipinski definition) is 0. The molecule has 2 aromatic rings. The first kappa shape index (κ1) is 19.5. The maximum atomic E-state index is 12.7. The van der Waals surface area contributed by atoms with Gasteiger partial charge in [-0.05, 0) is 36.1 Å². The molecule has 0 atom stereocenters. The summed E-state index contributed by atoms with van der Waals surface area (Å²) in [4.78, 5) is 13.9. The zero-order valence-electron chi connectivity index (χ0n) is 16.1. The summed E-state index contributed by atoms with van der Waals surface area (Å²) in [7, 11) is 0. The number of ketones is 1. The highest BCUT2D eigenvalue weighted by Crippen LogP contribution is 2.55. The normalized spacial score (nSPS) is 16.3. The maximum absolute atomic E-state index is 12.7. The summed E-state index contributed by atoms with van der Waals surface area (Å²) < 4.78 is -0.0137. The molecule has 0 bridgehead atoms. The third kappa shape index (κ3) is 3.46. The molecule has 4 rings (SSSR count). The SMILES string of the molecule is CC.CC.CC1(C)SC2=C(C(=O)Cc3ccccc32)c2ccccc21. The first-order valence-electron chi connectivity index (χ1n) is 9.22. The fourth-order valence-corrected chi connectivity index (χ4v) is 4.77. The average molecular weight is 353 g/mol. The van der Waals surface area contributed by atoms with Gasteiger partial charge in [0.15, 0.2) is 5.78 Å². The van der Waals surface area contributed by atoms with Gasteiger partial charge in [-0.25, -0.2) is 0 Å². The van der Waals surface area contributed by atoms with Gasteiger partial charge in [0.1, 0.15) is 0 Å². The van der Waals surface area contributed by atoms with E-state index in [0.29, 0.717) is 6.42 Å². The number of benzene rings is 2. The van der Waals surface area contributed by atoms with E-state index in [4.69, 9.17) is 0 Å². The third-order valence-corrected chi connectivity index (χ3v) is 5.68. The van der Waals surface area contributed by atoms with Gasteiger partial charge in [-0.15, -0.1) is 11.8 Å². The van der Waals surface area contributed by atoms with Crippen molar-refractivity contribution < 1.29 is 4.79 Å². The lowest BCUT2D eigenvalue weighted by Gasteiger charge is -2.37. The van der Waals surface area contributed by atoms with Crippen molar-refractivity contribution >= 4 is 28.0 Å². The molecule has 0 spiro atoms. The van der Waals surface area contributed by atoms with Gasteiger partial charge in [0, 0.05) is 21.6 Å². The molecular weight excluding hydrogens is 324 g/mol. The summed E-state index contributed by atoms with van der Waals surface area (Å²) in [5.41, 5.74) is 5.70. The van der Waals surface area contributed by atoms with Crippen molar-refractivity contribution in [1.29, 1.82) is 0 Å². The van der Waals surface area contributed by atoms with Gasteiger partial charge in [0.25, 0.3) is 0 Å². The molecule has 0 radical (unpaired) electrons. The molecule has 0 unspecified atom stereocenters. The van der Waals surface area contributed by atoms with Crippen LogP contribution in [0.15, 0.2) is 48.5 Å². The second kappa shape index (κ2) is 8.05. The lowest BCUT2D eigenvalue weighted by molar-refractivity contribution is -0.113. The molecule has 1 heterocycles. The van der Waals surface area contributed by atoms with Crippen molar-refractivity contribution in [2.45, 2.75) is 52.7 Å². The minimum atomic E-state index is -0.0137. The molecule has 132 valence electrons. The van der Waals surface area contributed by atoms with E-state index >= 15 is 0 Å². The summed E-state index contributed by atoms with van der Waals surface area (Å²) in [5, 5.41) is 0. The van der Waals surface area contributed by atoms with Crippen LogP contribution in [0.1, 0.15) is 63.8 Å². The number of Topliss-reactive ketones (excluding diaryl/α,β-unsaturated/α-hetero) is 1. The summed E-state index contributed by atoms with van der Waals surface area (Å²) in [6.45, 7) is 12.5. The van der Waals surface area contributed by atoms with Crippen LogP contribution in [0.25, 0.3) is 10.5 Å². The van der Waals surface area contributed by atoms with Crippen LogP contribution in [-0.4, -0.2) is 5.78 Å². The Morgan fingerprint density at radius 2 is 1.40 bits per heavy atom. The largest absolute Gasteiger partial charge is 0.294 e. The van der Waals surface area contributed by atoms with Crippen molar-refractivity contribution in [3.05, 3.63) is 70.8 Å². The Kier molecular flexibility index (Phi) is 6.29. The molecule has 25 heavy (non-hydrogen) atoms. The Bertz CT molecular complexity index is 799. The minimum absolute atomic E-state index is 0.0137. The first-order valence-corrected chi connectivity index (χ1v) is 10.0. The Balaban J connectivity index is 0.000000528. The summed E-state index contributed by atoms with van der Waals surface area (Å²) in [6, 6.07) is 16.6. The van der Waals surface area contributed by atoms with E-state index in [0.717, 1.165) is 21.6 Å². The van der Waals surface area contributed by atoms with Gasteiger partial charge < -0.3 is 0 Å². The van der Waals surface area contributed by atoms with E-state index in [1.165, 1.54) is 11.1 Å². The molecule has 2 aliphatic rings. The highest BCUT2D eigenvalue weighted by molar-refractivity contribution is 8.09. The molecule has 0 amide bonds. The highest BCUT2D eigenvalue weighted by atomic mass is 32.2. The van der Waals surface area contributed by atoms with Crippen molar-refractivity contribution in [2.24, 2.45) is 0 Å². The summed E-state index contributed by atoms with van der Waals surface area (Å²) >= 11 is 1.82. The zero-order chi connectivity index (χ0) is 18.6. The minimum Gasteiger partial charge on any atom is -0.294 e. The van der Waals surface area contributed by atoms with Crippen LogP contribution in [0.2, 0.25) is 0 Å². The van der Waals surface area contributed by atoms with Gasteiger partial charge in [-0.2, -0.15) is 0 Å². The van der Waals surface area contributed by atoms with Crippen LogP contribution in [0, 0.1) is 0 Å². The van der Waals surface area contributed by atoms with Crippen molar-refractivity contribution in [3.8, 4) is 0 Å². The van der Waals surface area contributed by atoms with E-state index in [-0.39, 0.29) is 10.5 Å². The van der Waals surface area contributed by atoms with Crippen LogP contribution >= 0.6 is 11.8 Å². The molecule has 0 aromatic heterocycles. The predicted octanol–water partition coefficient (Wildman–Crippen LogP) is 6.71. The Morgan fingerprint density at radius 1 is 0.840 bits per heavy atom. The van der Waals surface area contributed by atoms with Crippen LogP contribution in [0.4, 0.5) is 0 Å². The van der Waals surface area contributed by atoms with Gasteiger partial charge in [-0.3, -0.25) is 4.79 Å². The molecular formula is C23H28OS. The van der Waals surface area contributed by atoms with Crippen LogP contribution in [0.5, 0.6) is 0 Å². The van der Waals surface area contributed by atoms with Crippen molar-refractivity contribution in [2.75, 3.05) is 0 Å². The first-order chi connectivity index (χ1) is 12.1. The molecule has 1 aliphatic carbocycles. The second-order valence-electron chi connectivity index (χ2n) is 6.12. The van der Waals surface area contributed by atoms with E-state index in [1.54, 1.807) is 0 Å². The second-order valence-corrected chi connectivity index (χ2v) is 7.75. The number of allylic oxidation sites excluding steroid dienone is 1. The zero-order valence-corrected chi connectivity index (χ0v) is 17.0. The van der Waals surface area contributed by atoms with E-state index < -0.39 is 0 Å². The maximum Gasteiger partial charge on any atom is 0.169 e.